The Hall–Kier alpha value is -2.30. The molecule has 98 valence electrons. The van der Waals surface area contributed by atoms with Gasteiger partial charge in [-0.1, -0.05) is 12.1 Å². The zero-order valence-electron chi connectivity index (χ0n) is 10.0. The summed E-state index contributed by atoms with van der Waals surface area (Å²) in [6.45, 7) is 1.67. The molecule has 0 spiro atoms. The summed E-state index contributed by atoms with van der Waals surface area (Å²) in [6, 6.07) is 7.15. The summed E-state index contributed by atoms with van der Waals surface area (Å²) >= 11 is 0. The van der Waals surface area contributed by atoms with Crippen LogP contribution in [0.15, 0.2) is 36.4 Å². The normalized spacial score (nSPS) is 10.3. The van der Waals surface area contributed by atoms with Gasteiger partial charge < -0.3 is 5.32 Å². The van der Waals surface area contributed by atoms with Gasteiger partial charge in [0.25, 0.3) is 5.91 Å². The van der Waals surface area contributed by atoms with E-state index in [9.17, 15) is 18.0 Å². The summed E-state index contributed by atoms with van der Waals surface area (Å²) in [5.74, 6) is -3.47. The molecule has 0 heterocycles. The standard InChI is InChI=1S/C14H10F3NO/c1-8-5-6-9(12(17)7-8)14(19)18-13-10(15)3-2-4-11(13)16/h2-7H,1H3,(H,18,19). The predicted octanol–water partition coefficient (Wildman–Crippen LogP) is 3.66. The molecule has 0 fully saturated rings. The monoisotopic (exact) mass is 265 g/mol. The maximum atomic E-state index is 13.6. The van der Waals surface area contributed by atoms with E-state index in [0.29, 0.717) is 5.56 Å². The van der Waals surface area contributed by atoms with Crippen LogP contribution < -0.4 is 5.32 Å². The third-order valence-electron chi connectivity index (χ3n) is 2.57. The smallest absolute Gasteiger partial charge is 0.258 e. The number of aryl methyl sites for hydroxylation is 1. The molecule has 1 amide bonds. The summed E-state index contributed by atoms with van der Waals surface area (Å²) in [5, 5.41) is 2.03. The van der Waals surface area contributed by atoms with Gasteiger partial charge in [-0.05, 0) is 36.8 Å². The van der Waals surface area contributed by atoms with Crippen LogP contribution in [-0.2, 0) is 0 Å². The summed E-state index contributed by atoms with van der Waals surface area (Å²) in [5.41, 5.74) is -0.216. The first-order valence-electron chi connectivity index (χ1n) is 5.50. The van der Waals surface area contributed by atoms with Crippen molar-refractivity contribution in [1.82, 2.24) is 0 Å². The van der Waals surface area contributed by atoms with Gasteiger partial charge in [-0.3, -0.25) is 4.79 Å². The molecule has 19 heavy (non-hydrogen) atoms. The maximum absolute atomic E-state index is 13.6. The second-order valence-corrected chi connectivity index (χ2v) is 4.03. The molecule has 5 heteroatoms. The Labute approximate surface area is 107 Å². The van der Waals surface area contributed by atoms with Crippen molar-refractivity contribution < 1.29 is 18.0 Å². The summed E-state index contributed by atoms with van der Waals surface area (Å²) in [6.07, 6.45) is 0. The molecule has 1 N–H and O–H groups in total. The molecule has 0 bridgehead atoms. The van der Waals surface area contributed by atoms with Crippen molar-refractivity contribution in [3.05, 3.63) is 65.0 Å². The highest BCUT2D eigenvalue weighted by molar-refractivity contribution is 6.04. The van der Waals surface area contributed by atoms with Crippen LogP contribution >= 0.6 is 0 Å². The van der Waals surface area contributed by atoms with E-state index >= 15 is 0 Å². The van der Waals surface area contributed by atoms with E-state index in [1.165, 1.54) is 24.3 Å². The van der Waals surface area contributed by atoms with Crippen LogP contribution in [0.2, 0.25) is 0 Å². The topological polar surface area (TPSA) is 29.1 Å². The van der Waals surface area contributed by atoms with Gasteiger partial charge in [-0.25, -0.2) is 13.2 Å². The highest BCUT2D eigenvalue weighted by atomic mass is 19.1. The third kappa shape index (κ3) is 2.76. The molecule has 0 aliphatic rings. The highest BCUT2D eigenvalue weighted by Crippen LogP contribution is 2.19. The highest BCUT2D eigenvalue weighted by Gasteiger charge is 2.16. The van der Waals surface area contributed by atoms with Crippen molar-refractivity contribution in [2.45, 2.75) is 6.92 Å². The van der Waals surface area contributed by atoms with Crippen LogP contribution in [0.3, 0.4) is 0 Å². The maximum Gasteiger partial charge on any atom is 0.258 e. The SMILES string of the molecule is Cc1ccc(C(=O)Nc2c(F)cccc2F)c(F)c1. The molecule has 2 aromatic carbocycles. The van der Waals surface area contributed by atoms with E-state index in [4.69, 9.17) is 0 Å². The van der Waals surface area contributed by atoms with Crippen molar-refractivity contribution >= 4 is 11.6 Å². The average Bonchev–Trinajstić information content (AvgIpc) is 2.33. The molecular weight excluding hydrogens is 255 g/mol. The minimum absolute atomic E-state index is 0.270. The second-order valence-electron chi connectivity index (χ2n) is 4.03. The van der Waals surface area contributed by atoms with Gasteiger partial charge in [-0.15, -0.1) is 0 Å². The Balaban J connectivity index is 2.31. The molecule has 2 rings (SSSR count). The molecule has 0 saturated heterocycles. The van der Waals surface area contributed by atoms with E-state index in [1.807, 2.05) is 5.32 Å². The number of halogens is 3. The van der Waals surface area contributed by atoms with Gasteiger partial charge in [0.1, 0.15) is 23.1 Å². The van der Waals surface area contributed by atoms with E-state index in [1.54, 1.807) is 6.92 Å². The Bertz CT molecular complexity index is 620. The predicted molar refractivity (Wildman–Crippen MR) is 65.4 cm³/mol. The van der Waals surface area contributed by atoms with Crippen LogP contribution in [-0.4, -0.2) is 5.91 Å². The number of hydrogen-bond acceptors (Lipinski definition) is 1. The Kier molecular flexibility index (Phi) is 3.55. The van der Waals surface area contributed by atoms with Gasteiger partial charge in [0.15, 0.2) is 0 Å². The molecule has 0 aliphatic heterocycles. The fourth-order valence-electron chi connectivity index (χ4n) is 1.60. The Morgan fingerprint density at radius 2 is 1.63 bits per heavy atom. The first kappa shape index (κ1) is 13.1. The van der Waals surface area contributed by atoms with Gasteiger partial charge in [0, 0.05) is 0 Å². The molecular formula is C14H10F3NO. The van der Waals surface area contributed by atoms with Crippen molar-refractivity contribution in [2.75, 3.05) is 5.32 Å². The summed E-state index contributed by atoms with van der Waals surface area (Å²) < 4.78 is 40.2. The van der Waals surface area contributed by atoms with Gasteiger partial charge in [0.05, 0.1) is 5.56 Å². The number of anilines is 1. The van der Waals surface area contributed by atoms with E-state index in [-0.39, 0.29) is 5.56 Å². The number of amides is 1. The van der Waals surface area contributed by atoms with Crippen molar-refractivity contribution in [3.8, 4) is 0 Å². The Morgan fingerprint density at radius 1 is 1.00 bits per heavy atom. The van der Waals surface area contributed by atoms with Crippen molar-refractivity contribution in [2.24, 2.45) is 0 Å². The first-order chi connectivity index (χ1) is 8.99. The Morgan fingerprint density at radius 3 is 2.21 bits per heavy atom. The van der Waals surface area contributed by atoms with Crippen LogP contribution in [0.5, 0.6) is 0 Å². The number of carbonyl (C=O) groups excluding carboxylic acids is 1. The van der Waals surface area contributed by atoms with E-state index < -0.39 is 29.0 Å². The summed E-state index contributed by atoms with van der Waals surface area (Å²) in [4.78, 5) is 11.8. The number of rotatable bonds is 2. The second kappa shape index (κ2) is 5.14. The lowest BCUT2D eigenvalue weighted by Crippen LogP contribution is -2.16. The first-order valence-corrected chi connectivity index (χ1v) is 5.50. The molecule has 0 saturated carbocycles. The molecule has 0 unspecified atom stereocenters. The number of para-hydroxylation sites is 1. The third-order valence-corrected chi connectivity index (χ3v) is 2.57. The fourth-order valence-corrected chi connectivity index (χ4v) is 1.60. The zero-order chi connectivity index (χ0) is 14.0. The largest absolute Gasteiger partial charge is 0.317 e. The van der Waals surface area contributed by atoms with Crippen LogP contribution in [0.4, 0.5) is 18.9 Å². The van der Waals surface area contributed by atoms with E-state index in [0.717, 1.165) is 12.1 Å². The van der Waals surface area contributed by atoms with Gasteiger partial charge in [-0.2, -0.15) is 0 Å². The lowest BCUT2D eigenvalue weighted by molar-refractivity contribution is 0.102. The minimum atomic E-state index is -0.916. The molecule has 0 aromatic heterocycles. The lowest BCUT2D eigenvalue weighted by atomic mass is 10.1. The van der Waals surface area contributed by atoms with Crippen LogP contribution in [0, 0.1) is 24.4 Å². The van der Waals surface area contributed by atoms with Gasteiger partial charge in [0.2, 0.25) is 0 Å². The minimum Gasteiger partial charge on any atom is -0.317 e. The lowest BCUT2D eigenvalue weighted by Gasteiger charge is -2.08. The number of carbonyl (C=O) groups is 1. The van der Waals surface area contributed by atoms with Gasteiger partial charge >= 0.3 is 0 Å². The summed E-state index contributed by atoms with van der Waals surface area (Å²) in [7, 11) is 0. The number of benzene rings is 2. The average molecular weight is 265 g/mol. The fraction of sp³-hybridized carbons (Fsp3) is 0.0714. The molecule has 0 atom stereocenters. The van der Waals surface area contributed by atoms with Crippen LogP contribution in [0.25, 0.3) is 0 Å². The van der Waals surface area contributed by atoms with E-state index in [2.05, 4.69) is 0 Å². The van der Waals surface area contributed by atoms with Crippen LogP contribution in [0.1, 0.15) is 15.9 Å². The number of hydrogen-bond donors (Lipinski definition) is 1. The zero-order valence-corrected chi connectivity index (χ0v) is 10.0. The molecule has 0 aliphatic carbocycles. The molecule has 2 nitrogen and oxygen atoms in total. The van der Waals surface area contributed by atoms with Crippen molar-refractivity contribution in [3.63, 3.8) is 0 Å². The van der Waals surface area contributed by atoms with Crippen molar-refractivity contribution in [1.29, 1.82) is 0 Å². The molecule has 0 radical (unpaired) electrons. The quantitative estimate of drug-likeness (QED) is 0.882. The number of nitrogens with one attached hydrogen (secondary N) is 1. The molecule has 2 aromatic rings.